The summed E-state index contributed by atoms with van der Waals surface area (Å²) < 4.78 is 11.2. The third-order valence-electron chi connectivity index (χ3n) is 4.05. The number of esters is 1. The van der Waals surface area contributed by atoms with Crippen LogP contribution in [0.4, 0.5) is 4.79 Å². The molecule has 1 saturated heterocycles. The van der Waals surface area contributed by atoms with E-state index in [1.54, 1.807) is 42.5 Å². The van der Waals surface area contributed by atoms with Crippen LogP contribution in [-0.2, 0) is 20.9 Å². The average Bonchev–Trinajstić information content (AvgIpc) is 2.95. The second-order valence-electron chi connectivity index (χ2n) is 6.05. The lowest BCUT2D eigenvalue weighted by atomic mass is 10.1. The number of amides is 2. The molecule has 0 aliphatic carbocycles. The van der Waals surface area contributed by atoms with E-state index in [1.807, 2.05) is 0 Å². The van der Waals surface area contributed by atoms with Crippen LogP contribution in [0.15, 0.2) is 45.8 Å². The fraction of sp³-hybridized carbons (Fsp3) is 0.150. The number of benzene rings is 2. The van der Waals surface area contributed by atoms with Crippen molar-refractivity contribution in [3.05, 3.63) is 66.9 Å². The molecule has 0 aromatic heterocycles. The average molecular weight is 531 g/mol. The minimum Gasteiger partial charge on any atom is -0.488 e. The summed E-state index contributed by atoms with van der Waals surface area (Å²) in [5.41, 5.74) is 1.33. The van der Waals surface area contributed by atoms with E-state index >= 15 is 0 Å². The summed E-state index contributed by atoms with van der Waals surface area (Å²) in [6, 6.07) is 10.4. The lowest BCUT2D eigenvalue weighted by Gasteiger charge is -2.12. The molecule has 6 nitrogen and oxygen atoms in total. The van der Waals surface area contributed by atoms with E-state index in [0.29, 0.717) is 21.4 Å². The summed E-state index contributed by atoms with van der Waals surface area (Å²) >= 11 is 16.2. The maximum absolute atomic E-state index is 12.5. The van der Waals surface area contributed by atoms with Gasteiger partial charge in [-0.15, -0.1) is 0 Å². The number of rotatable bonds is 6. The highest BCUT2D eigenvalue weighted by molar-refractivity contribution is 9.10. The second-order valence-corrected chi connectivity index (χ2v) is 8.80. The van der Waals surface area contributed by atoms with Crippen molar-refractivity contribution < 1.29 is 23.9 Å². The number of thioether (sulfide) groups is 1. The number of hydrogen-bond donors (Lipinski definition) is 0. The first kappa shape index (κ1) is 22.7. The first-order chi connectivity index (χ1) is 14.3. The normalized spacial score (nSPS) is 15.1. The summed E-state index contributed by atoms with van der Waals surface area (Å²) in [5, 5.41) is 0.461. The van der Waals surface area contributed by atoms with Gasteiger partial charge in [0.15, 0.2) is 0 Å². The van der Waals surface area contributed by atoms with Gasteiger partial charge in [0.25, 0.3) is 11.1 Å². The van der Waals surface area contributed by atoms with E-state index in [1.165, 1.54) is 7.11 Å². The Morgan fingerprint density at radius 3 is 2.67 bits per heavy atom. The molecule has 10 heteroatoms. The highest BCUT2D eigenvalue weighted by Gasteiger charge is 2.36. The van der Waals surface area contributed by atoms with Crippen molar-refractivity contribution in [1.29, 1.82) is 0 Å². The van der Waals surface area contributed by atoms with Gasteiger partial charge < -0.3 is 9.47 Å². The third kappa shape index (κ3) is 5.37. The molecule has 2 amide bonds. The summed E-state index contributed by atoms with van der Waals surface area (Å²) in [6.45, 7) is -0.252. The minimum atomic E-state index is -0.676. The van der Waals surface area contributed by atoms with Crippen LogP contribution in [0.1, 0.15) is 11.1 Å². The Morgan fingerprint density at radius 2 is 1.97 bits per heavy atom. The monoisotopic (exact) mass is 529 g/mol. The predicted molar refractivity (Wildman–Crippen MR) is 120 cm³/mol. The number of carbonyl (C=O) groups is 3. The zero-order valence-electron chi connectivity index (χ0n) is 15.5. The van der Waals surface area contributed by atoms with E-state index < -0.39 is 23.7 Å². The summed E-state index contributed by atoms with van der Waals surface area (Å²) in [5.74, 6) is -0.754. The standard InChI is InChI=1S/C20H14BrCl2NO5S/c1-28-18(25)9-24-19(26)17(30-20(24)27)7-12-6-13(21)3-5-16(12)29-10-11-2-4-14(22)8-15(11)23/h2-8H,9-10H2,1H3/b17-7-. The fourth-order valence-electron chi connectivity index (χ4n) is 2.53. The second kappa shape index (κ2) is 9.87. The highest BCUT2D eigenvalue weighted by atomic mass is 79.9. The van der Waals surface area contributed by atoms with Gasteiger partial charge in [-0.3, -0.25) is 19.3 Å². The fourth-order valence-corrected chi connectivity index (χ4v) is 4.20. The molecule has 1 aliphatic heterocycles. The molecule has 2 aromatic rings. The van der Waals surface area contributed by atoms with Gasteiger partial charge in [0.05, 0.1) is 12.0 Å². The molecule has 0 unspecified atom stereocenters. The van der Waals surface area contributed by atoms with Crippen LogP contribution in [0.2, 0.25) is 10.0 Å². The van der Waals surface area contributed by atoms with Crippen molar-refractivity contribution in [3.63, 3.8) is 0 Å². The highest BCUT2D eigenvalue weighted by Crippen LogP contribution is 2.35. The number of hydrogen-bond acceptors (Lipinski definition) is 6. The molecule has 0 saturated carbocycles. The van der Waals surface area contributed by atoms with Gasteiger partial charge in [-0.25, -0.2) is 0 Å². The topological polar surface area (TPSA) is 72.9 Å². The predicted octanol–water partition coefficient (Wildman–Crippen LogP) is 5.54. The Labute approximate surface area is 195 Å². The first-order valence-corrected chi connectivity index (χ1v) is 10.8. The Balaban J connectivity index is 1.84. The lowest BCUT2D eigenvalue weighted by molar-refractivity contribution is -0.143. The molecule has 1 fully saturated rings. The summed E-state index contributed by atoms with van der Waals surface area (Å²) in [7, 11) is 1.19. The molecule has 0 radical (unpaired) electrons. The molecule has 1 aliphatic rings. The Kier molecular flexibility index (Phi) is 7.46. The van der Waals surface area contributed by atoms with Crippen molar-refractivity contribution in [2.45, 2.75) is 6.61 Å². The van der Waals surface area contributed by atoms with Gasteiger partial charge in [0, 0.05) is 25.6 Å². The zero-order chi connectivity index (χ0) is 21.8. The van der Waals surface area contributed by atoms with Gasteiger partial charge >= 0.3 is 5.97 Å². The number of methoxy groups -OCH3 is 1. The van der Waals surface area contributed by atoms with E-state index in [-0.39, 0.29) is 11.5 Å². The van der Waals surface area contributed by atoms with E-state index in [0.717, 1.165) is 26.7 Å². The van der Waals surface area contributed by atoms with Gasteiger partial charge in [-0.2, -0.15) is 0 Å². The third-order valence-corrected chi connectivity index (χ3v) is 6.03. The van der Waals surface area contributed by atoms with Gasteiger partial charge in [-0.05, 0) is 48.2 Å². The summed E-state index contributed by atoms with van der Waals surface area (Å²) in [4.78, 5) is 37.1. The molecule has 0 bridgehead atoms. The van der Waals surface area contributed by atoms with E-state index in [2.05, 4.69) is 20.7 Å². The molecule has 0 N–H and O–H groups in total. The van der Waals surface area contributed by atoms with Crippen molar-refractivity contribution in [2.24, 2.45) is 0 Å². The van der Waals surface area contributed by atoms with Crippen LogP contribution in [0.5, 0.6) is 5.75 Å². The van der Waals surface area contributed by atoms with Crippen LogP contribution < -0.4 is 4.74 Å². The van der Waals surface area contributed by atoms with Crippen molar-refractivity contribution in [1.82, 2.24) is 4.90 Å². The Bertz CT molecular complexity index is 1060. The number of ether oxygens (including phenoxy) is 2. The van der Waals surface area contributed by atoms with Gasteiger partial charge in [0.2, 0.25) is 0 Å². The van der Waals surface area contributed by atoms with Crippen LogP contribution >= 0.6 is 50.9 Å². The molecular formula is C20H14BrCl2NO5S. The molecule has 2 aromatic carbocycles. The molecule has 0 spiro atoms. The quantitative estimate of drug-likeness (QED) is 0.360. The molecular weight excluding hydrogens is 517 g/mol. The molecule has 156 valence electrons. The lowest BCUT2D eigenvalue weighted by Crippen LogP contribution is -2.34. The number of nitrogens with zero attached hydrogens (tertiary/aromatic N) is 1. The smallest absolute Gasteiger partial charge is 0.325 e. The Hall–Kier alpha value is -2.00. The van der Waals surface area contributed by atoms with Crippen molar-refractivity contribution >= 4 is 74.1 Å². The van der Waals surface area contributed by atoms with Crippen molar-refractivity contribution in [3.8, 4) is 5.75 Å². The van der Waals surface area contributed by atoms with Crippen molar-refractivity contribution in [2.75, 3.05) is 13.7 Å². The zero-order valence-corrected chi connectivity index (χ0v) is 19.4. The molecule has 0 atom stereocenters. The maximum Gasteiger partial charge on any atom is 0.325 e. The maximum atomic E-state index is 12.5. The number of carbonyl (C=O) groups excluding carboxylic acids is 3. The minimum absolute atomic E-state index is 0.177. The molecule has 30 heavy (non-hydrogen) atoms. The van der Waals surface area contributed by atoms with Gasteiger partial charge in [0.1, 0.15) is 18.9 Å². The number of halogens is 3. The van der Waals surface area contributed by atoms with Crippen LogP contribution in [-0.4, -0.2) is 35.7 Å². The van der Waals surface area contributed by atoms with Crippen LogP contribution in [0, 0.1) is 0 Å². The van der Waals surface area contributed by atoms with Gasteiger partial charge in [-0.1, -0.05) is 45.2 Å². The van der Waals surface area contributed by atoms with Crippen LogP contribution in [0.3, 0.4) is 0 Å². The largest absolute Gasteiger partial charge is 0.488 e. The van der Waals surface area contributed by atoms with E-state index in [4.69, 9.17) is 27.9 Å². The molecule has 3 rings (SSSR count). The number of imide groups is 1. The van der Waals surface area contributed by atoms with Crippen LogP contribution in [0.25, 0.3) is 6.08 Å². The Morgan fingerprint density at radius 1 is 1.20 bits per heavy atom. The van der Waals surface area contributed by atoms with E-state index in [9.17, 15) is 14.4 Å². The SMILES string of the molecule is COC(=O)CN1C(=O)S/C(=C\c2cc(Br)ccc2OCc2ccc(Cl)cc2Cl)C1=O. The molecule has 1 heterocycles. The summed E-state index contributed by atoms with van der Waals surface area (Å²) in [6.07, 6.45) is 1.55. The first-order valence-electron chi connectivity index (χ1n) is 8.47.